The molecule has 0 bridgehead atoms. The van der Waals surface area contributed by atoms with Gasteiger partial charge in [-0.25, -0.2) is 12.6 Å². The van der Waals surface area contributed by atoms with Crippen LogP contribution in [0, 0.1) is 0 Å². The number of rotatable bonds is 10. The summed E-state index contributed by atoms with van der Waals surface area (Å²) in [4.78, 5) is 9.18. The Hall–Kier alpha value is -3.25. The monoisotopic (exact) mass is 732 g/mol. The predicted molar refractivity (Wildman–Crippen MR) is 141 cm³/mol. The molecule has 0 atom stereocenters. The van der Waals surface area contributed by atoms with E-state index >= 15 is 0 Å². The third-order valence-corrected chi connectivity index (χ3v) is 9.00. The molecule has 0 spiro atoms. The first-order valence-electron chi connectivity index (χ1n) is 10.8. The van der Waals surface area contributed by atoms with E-state index in [1.165, 1.54) is 0 Å². The Kier molecular flexibility index (Phi) is 10.7. The van der Waals surface area contributed by atoms with Gasteiger partial charge in [-0.05, 0) is 41.8 Å². The molecule has 3 aromatic carbocycles. The van der Waals surface area contributed by atoms with E-state index in [1.54, 1.807) is 0 Å². The Bertz CT molecular complexity index is 2080. The van der Waals surface area contributed by atoms with E-state index in [0.717, 1.165) is 37.3 Å². The fourth-order valence-corrected chi connectivity index (χ4v) is 6.14. The fraction of sp³-hybridized carbons (Fsp3) is 0.150. The van der Waals surface area contributed by atoms with Crippen LogP contribution in [0.5, 0.6) is 11.5 Å². The van der Waals surface area contributed by atoms with Gasteiger partial charge >= 0.3 is 10.4 Å². The number of carbonyl (C=O) groups is 1. The number of amides is 1. The van der Waals surface area contributed by atoms with E-state index in [-0.39, 0.29) is 17.1 Å². The van der Waals surface area contributed by atoms with Gasteiger partial charge in [0.15, 0.2) is 15.6 Å². The third-order valence-electron chi connectivity index (χ3n) is 5.16. The number of nitrogens with zero attached hydrogens (tertiary/aromatic N) is 2. The van der Waals surface area contributed by atoms with Gasteiger partial charge in [0.05, 0.1) is 27.8 Å². The first kappa shape index (κ1) is 35.9. The summed E-state index contributed by atoms with van der Waals surface area (Å²) in [5.41, 5.74) is -2.06. The molecule has 0 fully saturated rings. The molecular weight excluding hydrogens is 714 g/mol. The minimum atomic E-state index is -5.25. The molecule has 1 amide bonds. The quantitative estimate of drug-likeness (QED) is 0.0982. The van der Waals surface area contributed by atoms with Crippen molar-refractivity contribution in [3.63, 3.8) is 0 Å². The van der Waals surface area contributed by atoms with Gasteiger partial charge in [0.2, 0.25) is 5.91 Å². The van der Waals surface area contributed by atoms with E-state index in [1.807, 2.05) is 0 Å². The van der Waals surface area contributed by atoms with E-state index in [4.69, 9.17) is 4.55 Å². The Morgan fingerprint density at radius 1 is 0.860 bits per heavy atom. The van der Waals surface area contributed by atoms with Crippen LogP contribution >= 0.6 is 0 Å². The van der Waals surface area contributed by atoms with Crippen LogP contribution in [0.25, 0.3) is 10.8 Å². The first-order chi connectivity index (χ1) is 19.1. The van der Waals surface area contributed by atoms with Crippen molar-refractivity contribution >= 4 is 74.2 Å². The van der Waals surface area contributed by atoms with Gasteiger partial charge in [-0.15, -0.1) is 10.2 Å². The number of phenolic OH excluding ortho intramolecular Hbond substituents is 2. The van der Waals surface area contributed by atoms with Crippen molar-refractivity contribution in [1.29, 1.82) is 0 Å². The first-order valence-corrected chi connectivity index (χ1v) is 16.7. The predicted octanol–water partition coefficient (Wildman–Crippen LogP) is 1.71. The number of aromatic hydroxyl groups is 2. The summed E-state index contributed by atoms with van der Waals surface area (Å²) < 4.78 is 126. The van der Waals surface area contributed by atoms with Crippen molar-refractivity contribution in [2.75, 3.05) is 17.7 Å². The molecule has 23 heteroatoms. The molecule has 1 radical (unpaired) electrons. The van der Waals surface area contributed by atoms with E-state index in [0.29, 0.717) is 6.07 Å². The number of carbonyl (C=O) groups excluding carboxylic acids is 1. The van der Waals surface area contributed by atoms with Crippen LogP contribution in [0.1, 0.15) is 6.92 Å². The van der Waals surface area contributed by atoms with Gasteiger partial charge in [0, 0.05) is 29.4 Å². The molecule has 0 heterocycles. The molecule has 18 nitrogen and oxygen atoms in total. The standard InChI is InChI=1S/C20H19N3O15S4.Cu/c1-10(24)21-15-9-13(40(29,30)31)6-11-7-17(41(32,33)34)19(20(26)18(11)15)23-22-14-8-12(2-3-16(14)25)39(27,28)5-4-38-42(35,36)37;/h2-3,6-9,25-26H,4-5H2,1H3,(H,21,24)(H,29,30,31)(H,32,33,34)(H,35,36,37);. The van der Waals surface area contributed by atoms with Crippen molar-refractivity contribution in [2.45, 2.75) is 21.6 Å². The van der Waals surface area contributed by atoms with Crippen LogP contribution in [-0.2, 0) is 66.5 Å². The minimum absolute atomic E-state index is 0. The van der Waals surface area contributed by atoms with Crippen LogP contribution in [0.2, 0.25) is 0 Å². The number of benzene rings is 3. The number of azo groups is 1. The molecule has 43 heavy (non-hydrogen) atoms. The Morgan fingerprint density at radius 3 is 2.02 bits per heavy atom. The van der Waals surface area contributed by atoms with Crippen LogP contribution in [0.15, 0.2) is 61.3 Å². The Morgan fingerprint density at radius 2 is 1.49 bits per heavy atom. The maximum absolute atomic E-state index is 12.5. The summed E-state index contributed by atoms with van der Waals surface area (Å²) in [6, 6.07) is 4.54. The zero-order valence-corrected chi connectivity index (χ0v) is 25.2. The zero-order valence-electron chi connectivity index (χ0n) is 21.0. The van der Waals surface area contributed by atoms with Gasteiger partial charge in [-0.1, -0.05) is 0 Å². The van der Waals surface area contributed by atoms with Crippen LogP contribution in [0.3, 0.4) is 0 Å². The Labute approximate surface area is 254 Å². The van der Waals surface area contributed by atoms with E-state index in [9.17, 15) is 57.8 Å². The summed E-state index contributed by atoms with van der Waals surface area (Å²) >= 11 is 0. The number of anilines is 1. The maximum atomic E-state index is 12.5. The van der Waals surface area contributed by atoms with Gasteiger partial charge in [0.1, 0.15) is 22.0 Å². The average Bonchev–Trinajstić information content (AvgIpc) is 2.81. The van der Waals surface area contributed by atoms with Crippen molar-refractivity contribution < 1.29 is 83.6 Å². The second-order valence-electron chi connectivity index (χ2n) is 8.19. The second-order valence-corrected chi connectivity index (χ2v) is 14.2. The van der Waals surface area contributed by atoms with Crippen molar-refractivity contribution in [3.05, 3.63) is 36.4 Å². The molecule has 0 aliphatic rings. The van der Waals surface area contributed by atoms with Crippen LogP contribution in [-0.4, -0.2) is 75.8 Å². The summed E-state index contributed by atoms with van der Waals surface area (Å²) in [7, 11) is -19.4. The maximum Gasteiger partial charge on any atom is 0.397 e. The van der Waals surface area contributed by atoms with Gasteiger partial charge in [-0.2, -0.15) is 25.3 Å². The summed E-state index contributed by atoms with van der Waals surface area (Å²) in [5.74, 6) is -3.53. The molecule has 6 N–H and O–H groups in total. The van der Waals surface area contributed by atoms with E-state index < -0.39 is 113 Å². The second kappa shape index (κ2) is 12.8. The summed E-state index contributed by atoms with van der Waals surface area (Å²) in [5, 5.41) is 29.5. The number of hydrogen-bond donors (Lipinski definition) is 6. The number of hydrogen-bond acceptors (Lipinski definition) is 14. The molecule has 0 aliphatic heterocycles. The van der Waals surface area contributed by atoms with Crippen LogP contribution < -0.4 is 5.32 Å². The van der Waals surface area contributed by atoms with Gasteiger partial charge in [0.25, 0.3) is 20.2 Å². The Balaban J connectivity index is 0.00000645. The molecule has 239 valence electrons. The molecule has 0 unspecified atom stereocenters. The molecule has 0 saturated heterocycles. The molecule has 0 saturated carbocycles. The average molecular weight is 733 g/mol. The molecule has 3 aromatic rings. The number of fused-ring (bicyclic) bond motifs is 1. The summed E-state index contributed by atoms with van der Waals surface area (Å²) in [6.07, 6.45) is 0. The smallest absolute Gasteiger partial charge is 0.397 e. The van der Waals surface area contributed by atoms with Crippen molar-refractivity contribution in [3.8, 4) is 11.5 Å². The largest absolute Gasteiger partial charge is 0.506 e. The normalized spacial score (nSPS) is 12.7. The topological polar surface area (TPSA) is 301 Å². The molecule has 0 aliphatic carbocycles. The van der Waals surface area contributed by atoms with Crippen molar-refractivity contribution in [1.82, 2.24) is 0 Å². The van der Waals surface area contributed by atoms with E-state index in [2.05, 4.69) is 19.7 Å². The molecular formula is C20H19CuN3O15S4. The minimum Gasteiger partial charge on any atom is -0.506 e. The SMILES string of the molecule is CC(=O)Nc1cc(S(=O)(=O)O)cc2cc(S(=O)(=O)O)c(N=Nc3cc(S(=O)(=O)CCOS(=O)(=O)O)ccc3O)c(O)c12.[Cu]. The number of nitrogens with one attached hydrogen (secondary N) is 1. The molecule has 3 rings (SSSR count). The third kappa shape index (κ3) is 8.88. The van der Waals surface area contributed by atoms with Gasteiger partial charge in [-0.3, -0.25) is 18.5 Å². The van der Waals surface area contributed by atoms with Crippen molar-refractivity contribution in [2.24, 2.45) is 10.2 Å². The number of sulfone groups is 1. The summed E-state index contributed by atoms with van der Waals surface area (Å²) in [6.45, 7) is 0.0341. The zero-order chi connectivity index (χ0) is 31.8. The fourth-order valence-electron chi connectivity index (χ4n) is 3.44. The van der Waals surface area contributed by atoms with Crippen LogP contribution in [0.4, 0.5) is 17.1 Å². The molecule has 0 aromatic heterocycles. The van der Waals surface area contributed by atoms with Gasteiger partial charge < -0.3 is 15.5 Å². The number of phenols is 2.